The van der Waals surface area contributed by atoms with Crippen LogP contribution in [0, 0.1) is 5.92 Å². The average molecular weight is 278 g/mol. The van der Waals surface area contributed by atoms with Crippen molar-refractivity contribution in [2.45, 2.75) is 38.7 Å². The number of hydrogen-bond acceptors (Lipinski definition) is 4. The number of carbonyl (C=O) groups excluding carboxylic acids is 1. The molecule has 4 heteroatoms. The smallest absolute Gasteiger partial charge is 0.302 e. The van der Waals surface area contributed by atoms with Crippen LogP contribution in [0.15, 0.2) is 24.3 Å². The molecule has 0 unspecified atom stereocenters. The van der Waals surface area contributed by atoms with E-state index in [0.717, 1.165) is 31.4 Å². The Bertz CT molecular complexity index is 427. The number of hydrogen-bond donors (Lipinski definition) is 0. The van der Waals surface area contributed by atoms with Gasteiger partial charge in [0.25, 0.3) is 0 Å². The van der Waals surface area contributed by atoms with Crippen molar-refractivity contribution in [1.82, 2.24) is 0 Å². The number of benzene rings is 1. The van der Waals surface area contributed by atoms with Gasteiger partial charge in [0.05, 0.1) is 0 Å². The Kier molecular flexibility index (Phi) is 5.41. The van der Waals surface area contributed by atoms with Gasteiger partial charge in [-0.3, -0.25) is 4.79 Å². The van der Waals surface area contributed by atoms with Crippen LogP contribution >= 0.6 is 0 Å². The molecule has 0 amide bonds. The Morgan fingerprint density at radius 2 is 2.00 bits per heavy atom. The fourth-order valence-corrected chi connectivity index (χ4v) is 2.76. The molecule has 0 saturated heterocycles. The summed E-state index contributed by atoms with van der Waals surface area (Å²) < 4.78 is 15.6. The van der Waals surface area contributed by atoms with Gasteiger partial charge in [-0.1, -0.05) is 12.1 Å². The highest BCUT2D eigenvalue weighted by Gasteiger charge is 2.29. The van der Waals surface area contributed by atoms with E-state index in [0.29, 0.717) is 5.92 Å². The SMILES string of the molecule is COCOc1ccc(C[C@H]2CCC[C@H]2OC(C)=O)cc1. The lowest BCUT2D eigenvalue weighted by molar-refractivity contribution is -0.147. The molecule has 2 atom stereocenters. The molecule has 0 spiro atoms. The number of esters is 1. The highest BCUT2D eigenvalue weighted by molar-refractivity contribution is 5.66. The molecule has 110 valence electrons. The molecule has 0 N–H and O–H groups in total. The Balaban J connectivity index is 1.90. The first-order valence-corrected chi connectivity index (χ1v) is 7.07. The number of methoxy groups -OCH3 is 1. The van der Waals surface area contributed by atoms with Crippen LogP contribution in [0.25, 0.3) is 0 Å². The first kappa shape index (κ1) is 14.9. The Labute approximate surface area is 120 Å². The number of ether oxygens (including phenoxy) is 3. The molecule has 1 aromatic rings. The molecule has 0 aromatic heterocycles. The fraction of sp³-hybridized carbons (Fsp3) is 0.562. The first-order chi connectivity index (χ1) is 9.69. The van der Waals surface area contributed by atoms with E-state index in [-0.39, 0.29) is 18.9 Å². The summed E-state index contributed by atoms with van der Waals surface area (Å²) in [6.07, 6.45) is 4.27. The third-order valence-corrected chi connectivity index (χ3v) is 3.67. The van der Waals surface area contributed by atoms with E-state index in [9.17, 15) is 4.79 Å². The van der Waals surface area contributed by atoms with Gasteiger partial charge in [0.2, 0.25) is 0 Å². The number of rotatable bonds is 6. The van der Waals surface area contributed by atoms with Crippen LogP contribution in [0.4, 0.5) is 0 Å². The fourth-order valence-electron chi connectivity index (χ4n) is 2.76. The zero-order valence-corrected chi connectivity index (χ0v) is 12.1. The van der Waals surface area contributed by atoms with E-state index >= 15 is 0 Å². The van der Waals surface area contributed by atoms with Crippen LogP contribution in [0.2, 0.25) is 0 Å². The lowest BCUT2D eigenvalue weighted by atomic mass is 9.96. The third kappa shape index (κ3) is 4.23. The average Bonchev–Trinajstić information content (AvgIpc) is 2.84. The second-order valence-electron chi connectivity index (χ2n) is 5.24. The largest absolute Gasteiger partial charge is 0.468 e. The van der Waals surface area contributed by atoms with Gasteiger partial charge in [-0.25, -0.2) is 0 Å². The van der Waals surface area contributed by atoms with Gasteiger partial charge in [-0.15, -0.1) is 0 Å². The van der Waals surface area contributed by atoms with Crippen LogP contribution < -0.4 is 4.74 Å². The molecule has 1 aliphatic carbocycles. The molecule has 0 bridgehead atoms. The summed E-state index contributed by atoms with van der Waals surface area (Å²) in [5.74, 6) is 1.06. The third-order valence-electron chi connectivity index (χ3n) is 3.67. The van der Waals surface area contributed by atoms with E-state index in [1.807, 2.05) is 12.1 Å². The Morgan fingerprint density at radius 3 is 2.65 bits per heavy atom. The van der Waals surface area contributed by atoms with Crippen molar-refractivity contribution in [3.8, 4) is 5.75 Å². The lowest BCUT2D eigenvalue weighted by Crippen LogP contribution is -2.22. The van der Waals surface area contributed by atoms with Crippen LogP contribution in [0.1, 0.15) is 31.7 Å². The predicted octanol–water partition coefficient (Wildman–Crippen LogP) is 2.94. The van der Waals surface area contributed by atoms with Gasteiger partial charge < -0.3 is 14.2 Å². The monoisotopic (exact) mass is 278 g/mol. The summed E-state index contributed by atoms with van der Waals surface area (Å²) in [6, 6.07) is 8.02. The summed E-state index contributed by atoms with van der Waals surface area (Å²) in [5.41, 5.74) is 1.25. The van der Waals surface area contributed by atoms with Crippen molar-refractivity contribution in [2.75, 3.05) is 13.9 Å². The zero-order valence-electron chi connectivity index (χ0n) is 12.1. The van der Waals surface area contributed by atoms with E-state index in [4.69, 9.17) is 14.2 Å². The van der Waals surface area contributed by atoms with E-state index in [1.54, 1.807) is 7.11 Å². The summed E-state index contributed by atoms with van der Waals surface area (Å²) in [6.45, 7) is 1.74. The normalized spacial score (nSPS) is 21.7. The summed E-state index contributed by atoms with van der Waals surface area (Å²) >= 11 is 0. The Hall–Kier alpha value is -1.55. The maximum Gasteiger partial charge on any atom is 0.302 e. The topological polar surface area (TPSA) is 44.8 Å². The second kappa shape index (κ2) is 7.29. The molecule has 1 aromatic carbocycles. The summed E-state index contributed by atoms with van der Waals surface area (Å²) in [4.78, 5) is 11.1. The van der Waals surface area contributed by atoms with Crippen LogP contribution in [0.3, 0.4) is 0 Å². The Morgan fingerprint density at radius 1 is 1.25 bits per heavy atom. The van der Waals surface area contributed by atoms with Gasteiger partial charge in [-0.05, 0) is 49.3 Å². The standard InChI is InChI=1S/C16H22O4/c1-12(17)20-16-5-3-4-14(16)10-13-6-8-15(9-7-13)19-11-18-2/h6-9,14,16H,3-5,10-11H2,1-2H3/t14-,16-/m1/s1. The van der Waals surface area contributed by atoms with Gasteiger partial charge in [0, 0.05) is 14.0 Å². The molecular weight excluding hydrogens is 256 g/mol. The zero-order chi connectivity index (χ0) is 14.4. The van der Waals surface area contributed by atoms with Crippen LogP contribution in [-0.4, -0.2) is 26.0 Å². The van der Waals surface area contributed by atoms with Crippen molar-refractivity contribution >= 4 is 5.97 Å². The van der Waals surface area contributed by atoms with Gasteiger partial charge in [0.1, 0.15) is 11.9 Å². The van der Waals surface area contributed by atoms with Crippen molar-refractivity contribution in [3.05, 3.63) is 29.8 Å². The molecule has 0 heterocycles. The second-order valence-corrected chi connectivity index (χ2v) is 5.24. The summed E-state index contributed by atoms with van der Waals surface area (Å²) in [5, 5.41) is 0. The highest BCUT2D eigenvalue weighted by atomic mass is 16.7. The molecule has 1 aliphatic rings. The highest BCUT2D eigenvalue weighted by Crippen LogP contribution is 2.31. The minimum Gasteiger partial charge on any atom is -0.468 e. The van der Waals surface area contributed by atoms with Gasteiger partial charge in [0.15, 0.2) is 6.79 Å². The predicted molar refractivity (Wildman–Crippen MR) is 75.5 cm³/mol. The summed E-state index contributed by atoms with van der Waals surface area (Å²) in [7, 11) is 1.60. The van der Waals surface area contributed by atoms with Crippen molar-refractivity contribution < 1.29 is 19.0 Å². The molecule has 0 radical (unpaired) electrons. The molecular formula is C16H22O4. The molecule has 2 rings (SSSR count). The maximum absolute atomic E-state index is 11.1. The minimum absolute atomic E-state index is 0.0805. The van der Waals surface area contributed by atoms with Crippen molar-refractivity contribution in [1.29, 1.82) is 0 Å². The molecule has 20 heavy (non-hydrogen) atoms. The van der Waals surface area contributed by atoms with Gasteiger partial charge in [-0.2, -0.15) is 0 Å². The quantitative estimate of drug-likeness (QED) is 0.593. The van der Waals surface area contributed by atoms with E-state index in [1.165, 1.54) is 12.5 Å². The van der Waals surface area contributed by atoms with Crippen LogP contribution in [0.5, 0.6) is 5.75 Å². The lowest BCUT2D eigenvalue weighted by Gasteiger charge is -2.19. The van der Waals surface area contributed by atoms with E-state index < -0.39 is 0 Å². The maximum atomic E-state index is 11.1. The van der Waals surface area contributed by atoms with Crippen molar-refractivity contribution in [2.24, 2.45) is 5.92 Å². The van der Waals surface area contributed by atoms with Crippen molar-refractivity contribution in [3.63, 3.8) is 0 Å². The molecule has 0 aliphatic heterocycles. The molecule has 1 saturated carbocycles. The molecule has 4 nitrogen and oxygen atoms in total. The number of carbonyl (C=O) groups is 1. The minimum atomic E-state index is -0.176. The van der Waals surface area contributed by atoms with E-state index in [2.05, 4.69) is 12.1 Å². The molecule has 1 fully saturated rings. The van der Waals surface area contributed by atoms with Crippen LogP contribution in [-0.2, 0) is 20.7 Å². The van der Waals surface area contributed by atoms with Gasteiger partial charge >= 0.3 is 5.97 Å². The first-order valence-electron chi connectivity index (χ1n) is 7.07.